The largest absolute Gasteiger partial charge is 0.462 e. The predicted molar refractivity (Wildman–Crippen MR) is 74.3 cm³/mol. The lowest BCUT2D eigenvalue weighted by atomic mass is 10.1. The SMILES string of the molecule is CCOC(=O)c1cc(N)ccc1NCC1CCCO1. The number of anilines is 2. The van der Waals surface area contributed by atoms with E-state index in [1.54, 1.807) is 25.1 Å². The minimum atomic E-state index is -0.357. The fraction of sp³-hybridized carbons (Fsp3) is 0.500. The van der Waals surface area contributed by atoms with Gasteiger partial charge in [0.05, 0.1) is 18.3 Å². The van der Waals surface area contributed by atoms with E-state index >= 15 is 0 Å². The van der Waals surface area contributed by atoms with Crippen LogP contribution in [0.4, 0.5) is 11.4 Å². The molecule has 0 amide bonds. The van der Waals surface area contributed by atoms with E-state index in [0.717, 1.165) is 25.1 Å². The molecule has 2 rings (SSSR count). The molecule has 5 heteroatoms. The number of esters is 1. The van der Waals surface area contributed by atoms with Crippen LogP contribution >= 0.6 is 0 Å². The molecular weight excluding hydrogens is 244 g/mol. The first kappa shape index (κ1) is 13.7. The van der Waals surface area contributed by atoms with Gasteiger partial charge in [0.25, 0.3) is 0 Å². The predicted octanol–water partition coefficient (Wildman–Crippen LogP) is 2.04. The summed E-state index contributed by atoms with van der Waals surface area (Å²) in [5.41, 5.74) is 7.48. The Kier molecular flexibility index (Phi) is 4.63. The second kappa shape index (κ2) is 6.43. The highest BCUT2D eigenvalue weighted by molar-refractivity contribution is 5.96. The molecule has 1 heterocycles. The summed E-state index contributed by atoms with van der Waals surface area (Å²) in [6.45, 7) is 3.64. The van der Waals surface area contributed by atoms with Crippen molar-refractivity contribution in [3.63, 3.8) is 0 Å². The summed E-state index contributed by atoms with van der Waals surface area (Å²) in [5, 5.41) is 3.24. The third-order valence-corrected chi connectivity index (χ3v) is 3.08. The number of carbonyl (C=O) groups is 1. The first-order chi connectivity index (χ1) is 9.20. The Labute approximate surface area is 113 Å². The number of rotatable bonds is 5. The molecule has 0 spiro atoms. The van der Waals surface area contributed by atoms with Crippen LogP contribution in [0.25, 0.3) is 0 Å². The smallest absolute Gasteiger partial charge is 0.340 e. The standard InChI is InChI=1S/C14H20N2O3/c1-2-18-14(17)12-8-10(15)5-6-13(12)16-9-11-4-3-7-19-11/h5-6,8,11,16H,2-4,7,9,15H2,1H3. The van der Waals surface area contributed by atoms with Crippen LogP contribution in [0.15, 0.2) is 18.2 Å². The van der Waals surface area contributed by atoms with Gasteiger partial charge in [-0.05, 0) is 38.0 Å². The molecule has 0 saturated carbocycles. The molecule has 1 unspecified atom stereocenters. The zero-order chi connectivity index (χ0) is 13.7. The number of hydrogen-bond donors (Lipinski definition) is 2. The van der Waals surface area contributed by atoms with Gasteiger partial charge >= 0.3 is 5.97 Å². The highest BCUT2D eigenvalue weighted by Gasteiger charge is 2.17. The minimum Gasteiger partial charge on any atom is -0.462 e. The molecule has 0 bridgehead atoms. The van der Waals surface area contributed by atoms with Crippen LogP contribution in [-0.2, 0) is 9.47 Å². The molecule has 0 aromatic heterocycles. The van der Waals surface area contributed by atoms with Gasteiger partial charge in [0.15, 0.2) is 0 Å². The monoisotopic (exact) mass is 264 g/mol. The van der Waals surface area contributed by atoms with Crippen molar-refractivity contribution in [3.8, 4) is 0 Å². The van der Waals surface area contributed by atoms with Crippen molar-refractivity contribution >= 4 is 17.3 Å². The summed E-state index contributed by atoms with van der Waals surface area (Å²) in [7, 11) is 0. The Morgan fingerprint density at radius 1 is 1.58 bits per heavy atom. The minimum absolute atomic E-state index is 0.215. The Morgan fingerprint density at radius 2 is 2.42 bits per heavy atom. The molecular formula is C14H20N2O3. The normalized spacial score (nSPS) is 18.3. The van der Waals surface area contributed by atoms with Crippen LogP contribution < -0.4 is 11.1 Å². The van der Waals surface area contributed by atoms with Gasteiger partial charge in [0.1, 0.15) is 0 Å². The van der Waals surface area contributed by atoms with E-state index in [9.17, 15) is 4.79 Å². The van der Waals surface area contributed by atoms with Gasteiger partial charge in [-0.15, -0.1) is 0 Å². The Bertz CT molecular complexity index is 442. The molecule has 3 N–H and O–H groups in total. The molecule has 1 fully saturated rings. The van der Waals surface area contributed by atoms with Crippen molar-refractivity contribution in [2.75, 3.05) is 30.8 Å². The third-order valence-electron chi connectivity index (χ3n) is 3.08. The average Bonchev–Trinajstić information content (AvgIpc) is 2.90. The second-order valence-corrected chi connectivity index (χ2v) is 4.54. The molecule has 0 radical (unpaired) electrons. The fourth-order valence-corrected chi connectivity index (χ4v) is 2.12. The van der Waals surface area contributed by atoms with Gasteiger partial charge in [-0.1, -0.05) is 0 Å². The number of nitrogens with one attached hydrogen (secondary N) is 1. The summed E-state index contributed by atoms with van der Waals surface area (Å²) < 4.78 is 10.6. The van der Waals surface area contributed by atoms with Crippen molar-refractivity contribution in [1.29, 1.82) is 0 Å². The number of nitrogens with two attached hydrogens (primary N) is 1. The lowest BCUT2D eigenvalue weighted by Crippen LogP contribution is -2.20. The first-order valence-corrected chi connectivity index (χ1v) is 6.63. The average molecular weight is 264 g/mol. The molecule has 5 nitrogen and oxygen atoms in total. The van der Waals surface area contributed by atoms with Crippen LogP contribution in [0.5, 0.6) is 0 Å². The lowest BCUT2D eigenvalue weighted by Gasteiger charge is -2.15. The van der Waals surface area contributed by atoms with E-state index in [1.807, 2.05) is 0 Å². The van der Waals surface area contributed by atoms with E-state index in [2.05, 4.69) is 5.32 Å². The van der Waals surface area contributed by atoms with Crippen LogP contribution in [0.3, 0.4) is 0 Å². The zero-order valence-corrected chi connectivity index (χ0v) is 11.1. The molecule has 1 atom stereocenters. The number of nitrogen functional groups attached to an aromatic ring is 1. The maximum Gasteiger partial charge on any atom is 0.340 e. The Morgan fingerprint density at radius 3 is 3.11 bits per heavy atom. The highest BCUT2D eigenvalue weighted by Crippen LogP contribution is 2.21. The van der Waals surface area contributed by atoms with Gasteiger partial charge in [0.2, 0.25) is 0 Å². The van der Waals surface area contributed by atoms with Crippen LogP contribution in [-0.4, -0.2) is 31.8 Å². The van der Waals surface area contributed by atoms with Gasteiger partial charge < -0.3 is 20.5 Å². The Balaban J connectivity index is 2.07. The summed E-state index contributed by atoms with van der Waals surface area (Å²) in [4.78, 5) is 11.9. The summed E-state index contributed by atoms with van der Waals surface area (Å²) in [5.74, 6) is -0.357. The molecule has 1 saturated heterocycles. The van der Waals surface area contributed by atoms with Crippen molar-refractivity contribution in [3.05, 3.63) is 23.8 Å². The summed E-state index contributed by atoms with van der Waals surface area (Å²) in [6, 6.07) is 5.20. The molecule has 1 aromatic carbocycles. The molecule has 0 aliphatic carbocycles. The molecule has 1 aliphatic rings. The quantitative estimate of drug-likeness (QED) is 0.629. The topological polar surface area (TPSA) is 73.6 Å². The van der Waals surface area contributed by atoms with E-state index in [-0.39, 0.29) is 12.1 Å². The van der Waals surface area contributed by atoms with Crippen molar-refractivity contribution < 1.29 is 14.3 Å². The summed E-state index contributed by atoms with van der Waals surface area (Å²) in [6.07, 6.45) is 2.36. The third kappa shape index (κ3) is 3.61. The van der Waals surface area contributed by atoms with Crippen LogP contribution in [0, 0.1) is 0 Å². The maximum atomic E-state index is 11.9. The van der Waals surface area contributed by atoms with E-state index in [4.69, 9.17) is 15.2 Å². The fourth-order valence-electron chi connectivity index (χ4n) is 2.12. The van der Waals surface area contributed by atoms with Gasteiger partial charge in [-0.2, -0.15) is 0 Å². The molecule has 19 heavy (non-hydrogen) atoms. The van der Waals surface area contributed by atoms with Gasteiger partial charge in [-0.25, -0.2) is 4.79 Å². The van der Waals surface area contributed by atoms with Crippen LogP contribution in [0.1, 0.15) is 30.1 Å². The summed E-state index contributed by atoms with van der Waals surface area (Å²) >= 11 is 0. The molecule has 104 valence electrons. The Hall–Kier alpha value is -1.75. The van der Waals surface area contributed by atoms with Crippen molar-refractivity contribution in [1.82, 2.24) is 0 Å². The molecule has 1 aliphatic heterocycles. The highest BCUT2D eigenvalue weighted by atomic mass is 16.5. The zero-order valence-electron chi connectivity index (χ0n) is 11.1. The number of benzene rings is 1. The van der Waals surface area contributed by atoms with E-state index in [1.165, 1.54) is 0 Å². The number of hydrogen-bond acceptors (Lipinski definition) is 5. The lowest BCUT2D eigenvalue weighted by molar-refractivity contribution is 0.0527. The van der Waals surface area contributed by atoms with Crippen molar-refractivity contribution in [2.45, 2.75) is 25.9 Å². The van der Waals surface area contributed by atoms with Gasteiger partial charge in [0, 0.05) is 24.5 Å². The van der Waals surface area contributed by atoms with Crippen LogP contribution in [0.2, 0.25) is 0 Å². The van der Waals surface area contributed by atoms with E-state index < -0.39 is 0 Å². The number of ether oxygens (including phenoxy) is 2. The van der Waals surface area contributed by atoms with Crippen molar-refractivity contribution in [2.24, 2.45) is 0 Å². The van der Waals surface area contributed by atoms with E-state index in [0.29, 0.717) is 24.4 Å². The second-order valence-electron chi connectivity index (χ2n) is 4.54. The van der Waals surface area contributed by atoms with Gasteiger partial charge in [-0.3, -0.25) is 0 Å². The first-order valence-electron chi connectivity index (χ1n) is 6.63. The number of carbonyl (C=O) groups excluding carboxylic acids is 1. The maximum absolute atomic E-state index is 11.9. The molecule has 1 aromatic rings.